The highest BCUT2D eigenvalue weighted by Gasteiger charge is 2.17. The van der Waals surface area contributed by atoms with Gasteiger partial charge in [0.15, 0.2) is 11.5 Å². The molecule has 0 bridgehead atoms. The molecule has 2 aromatic carbocycles. The number of nitrogens with one attached hydrogen (secondary N) is 1. The van der Waals surface area contributed by atoms with Crippen molar-refractivity contribution in [2.45, 2.75) is 27.2 Å². The van der Waals surface area contributed by atoms with Gasteiger partial charge in [0.2, 0.25) is 5.91 Å². The summed E-state index contributed by atoms with van der Waals surface area (Å²) in [6, 6.07) is 8.32. The van der Waals surface area contributed by atoms with Gasteiger partial charge in [-0.3, -0.25) is 4.79 Å². The van der Waals surface area contributed by atoms with Gasteiger partial charge in [0.05, 0.1) is 38.1 Å². The molecule has 0 aliphatic heterocycles. The molecule has 7 nitrogen and oxygen atoms in total. The van der Waals surface area contributed by atoms with E-state index in [1.54, 1.807) is 26.2 Å². The van der Waals surface area contributed by atoms with Crippen molar-refractivity contribution in [1.82, 2.24) is 0 Å². The first-order chi connectivity index (χ1) is 15.8. The maximum atomic E-state index is 12.4. The number of ether oxygens (including phenoxy) is 4. The molecule has 0 aromatic heterocycles. The van der Waals surface area contributed by atoms with Crippen molar-refractivity contribution in [3.05, 3.63) is 52.6 Å². The van der Waals surface area contributed by atoms with E-state index in [1.165, 1.54) is 25.3 Å². The first-order valence-corrected chi connectivity index (χ1v) is 11.0. The third-order valence-electron chi connectivity index (χ3n) is 4.61. The van der Waals surface area contributed by atoms with Gasteiger partial charge in [-0.1, -0.05) is 31.5 Å². The molecule has 0 aliphatic carbocycles. The summed E-state index contributed by atoms with van der Waals surface area (Å²) in [6.45, 7) is 6.80. The third kappa shape index (κ3) is 7.71. The van der Waals surface area contributed by atoms with E-state index in [0.717, 1.165) is 12.0 Å². The highest BCUT2D eigenvalue weighted by atomic mass is 35.5. The molecule has 33 heavy (non-hydrogen) atoms. The smallest absolute Gasteiger partial charge is 0.341 e. The fraction of sp³-hybridized carbons (Fsp3) is 0.360. The minimum atomic E-state index is -0.556. The van der Waals surface area contributed by atoms with Gasteiger partial charge in [-0.05, 0) is 49.1 Å². The Labute approximate surface area is 199 Å². The maximum absolute atomic E-state index is 12.4. The van der Waals surface area contributed by atoms with Crippen molar-refractivity contribution >= 4 is 35.2 Å². The van der Waals surface area contributed by atoms with Crippen LogP contribution in [0.4, 0.5) is 5.69 Å². The molecule has 2 aromatic rings. The van der Waals surface area contributed by atoms with Crippen LogP contribution in [0.15, 0.2) is 36.4 Å². The molecule has 1 N–H and O–H groups in total. The largest absolute Gasteiger partial charge is 0.496 e. The fourth-order valence-corrected chi connectivity index (χ4v) is 3.06. The minimum Gasteiger partial charge on any atom is -0.496 e. The number of anilines is 1. The number of esters is 1. The maximum Gasteiger partial charge on any atom is 0.341 e. The van der Waals surface area contributed by atoms with Crippen molar-refractivity contribution in [3.63, 3.8) is 0 Å². The van der Waals surface area contributed by atoms with Gasteiger partial charge in [0.25, 0.3) is 0 Å². The number of methoxy groups -OCH3 is 2. The van der Waals surface area contributed by atoms with E-state index in [1.807, 2.05) is 12.1 Å². The topological polar surface area (TPSA) is 83.1 Å². The zero-order valence-electron chi connectivity index (χ0n) is 19.6. The first kappa shape index (κ1) is 26.1. The summed E-state index contributed by atoms with van der Waals surface area (Å²) in [5.41, 5.74) is 1.25. The molecule has 0 heterocycles. The van der Waals surface area contributed by atoms with Crippen LogP contribution in [0, 0.1) is 5.92 Å². The molecule has 0 spiro atoms. The van der Waals surface area contributed by atoms with Crippen LogP contribution < -0.4 is 19.5 Å². The number of rotatable bonds is 11. The number of amides is 1. The predicted molar refractivity (Wildman–Crippen MR) is 130 cm³/mol. The highest BCUT2D eigenvalue weighted by Crippen LogP contribution is 2.32. The second-order valence-electron chi connectivity index (χ2n) is 7.52. The van der Waals surface area contributed by atoms with Gasteiger partial charge < -0.3 is 24.3 Å². The van der Waals surface area contributed by atoms with Gasteiger partial charge in [-0.2, -0.15) is 0 Å². The molecular weight excluding hydrogens is 446 g/mol. The zero-order valence-corrected chi connectivity index (χ0v) is 20.3. The molecule has 0 fully saturated rings. The van der Waals surface area contributed by atoms with Crippen molar-refractivity contribution in [1.29, 1.82) is 0 Å². The Hall–Kier alpha value is -3.19. The summed E-state index contributed by atoms with van der Waals surface area (Å²) < 4.78 is 21.4. The molecule has 2 rings (SSSR count). The lowest BCUT2D eigenvalue weighted by Crippen LogP contribution is -2.11. The molecular formula is C25H30ClNO6. The van der Waals surface area contributed by atoms with E-state index < -0.39 is 11.9 Å². The summed E-state index contributed by atoms with van der Waals surface area (Å²) in [6.07, 6.45) is 3.96. The Morgan fingerprint density at radius 1 is 1.06 bits per heavy atom. The van der Waals surface area contributed by atoms with Crippen LogP contribution in [-0.4, -0.2) is 39.3 Å². The number of hydrogen-bond donors (Lipinski definition) is 1. The summed E-state index contributed by atoms with van der Waals surface area (Å²) >= 11 is 6.25. The molecule has 8 heteroatoms. The Morgan fingerprint density at radius 3 is 2.42 bits per heavy atom. The van der Waals surface area contributed by atoms with Gasteiger partial charge in [-0.15, -0.1) is 0 Å². The molecule has 0 atom stereocenters. The highest BCUT2D eigenvalue weighted by molar-refractivity contribution is 6.34. The number of halogens is 1. The van der Waals surface area contributed by atoms with Crippen LogP contribution >= 0.6 is 11.6 Å². The lowest BCUT2D eigenvalue weighted by Gasteiger charge is -2.13. The van der Waals surface area contributed by atoms with Crippen LogP contribution in [0.1, 0.15) is 43.1 Å². The molecule has 1 amide bonds. The second kappa shape index (κ2) is 12.7. The third-order valence-corrected chi connectivity index (χ3v) is 4.92. The standard InChI is InChI=1S/C25H30ClNO6/c1-6-32-25(29)18-14-19(26)20(15-22(18)30-4)27-24(28)10-8-17-7-9-21(23(13-17)31-5)33-12-11-16(2)3/h7-10,13-16H,6,11-12H2,1-5H3,(H,27,28)/b10-8+. The monoisotopic (exact) mass is 475 g/mol. The molecule has 0 radical (unpaired) electrons. The van der Waals surface area contributed by atoms with E-state index >= 15 is 0 Å². The lowest BCUT2D eigenvalue weighted by molar-refractivity contribution is -0.111. The van der Waals surface area contributed by atoms with Crippen molar-refractivity contribution in [2.75, 3.05) is 32.8 Å². The average Bonchev–Trinajstić information content (AvgIpc) is 2.79. The van der Waals surface area contributed by atoms with Gasteiger partial charge in [0.1, 0.15) is 11.3 Å². The Balaban J connectivity index is 2.11. The quantitative estimate of drug-likeness (QED) is 0.336. The first-order valence-electron chi connectivity index (χ1n) is 10.6. The SMILES string of the molecule is CCOC(=O)c1cc(Cl)c(NC(=O)/C=C/c2ccc(OCCC(C)C)c(OC)c2)cc1OC. The summed E-state index contributed by atoms with van der Waals surface area (Å²) in [5, 5.41) is 2.87. The van der Waals surface area contributed by atoms with Crippen LogP contribution in [0.25, 0.3) is 6.08 Å². The van der Waals surface area contributed by atoms with Crippen LogP contribution in [0.5, 0.6) is 17.2 Å². The zero-order chi connectivity index (χ0) is 24.4. The van der Waals surface area contributed by atoms with Gasteiger partial charge in [0, 0.05) is 12.1 Å². The summed E-state index contributed by atoms with van der Waals surface area (Å²) in [7, 11) is 2.99. The van der Waals surface area contributed by atoms with Crippen molar-refractivity contribution in [3.8, 4) is 17.2 Å². The van der Waals surface area contributed by atoms with Crippen molar-refractivity contribution in [2.24, 2.45) is 5.92 Å². The van der Waals surface area contributed by atoms with E-state index in [2.05, 4.69) is 19.2 Å². The normalized spacial score (nSPS) is 10.9. The van der Waals surface area contributed by atoms with E-state index in [0.29, 0.717) is 29.7 Å². The number of carbonyl (C=O) groups is 2. The molecule has 0 unspecified atom stereocenters. The minimum absolute atomic E-state index is 0.181. The lowest BCUT2D eigenvalue weighted by atomic mass is 10.1. The predicted octanol–water partition coefficient (Wildman–Crippen LogP) is 5.61. The Kier molecular flexibility index (Phi) is 10.1. The number of hydrogen-bond acceptors (Lipinski definition) is 6. The van der Waals surface area contributed by atoms with E-state index in [9.17, 15) is 9.59 Å². The van der Waals surface area contributed by atoms with E-state index in [4.69, 9.17) is 30.5 Å². The second-order valence-corrected chi connectivity index (χ2v) is 7.92. The molecule has 0 aliphatic rings. The van der Waals surface area contributed by atoms with Crippen LogP contribution in [0.3, 0.4) is 0 Å². The van der Waals surface area contributed by atoms with E-state index in [-0.39, 0.29) is 22.9 Å². The van der Waals surface area contributed by atoms with Gasteiger partial charge in [-0.25, -0.2) is 4.79 Å². The summed E-state index contributed by atoms with van der Waals surface area (Å²) in [5.74, 6) is 1.07. The number of benzene rings is 2. The molecule has 0 saturated carbocycles. The Bertz CT molecular complexity index is 1000. The van der Waals surface area contributed by atoms with Gasteiger partial charge >= 0.3 is 5.97 Å². The average molecular weight is 476 g/mol. The van der Waals surface area contributed by atoms with Crippen LogP contribution in [0.2, 0.25) is 5.02 Å². The molecule has 178 valence electrons. The fourth-order valence-electron chi connectivity index (χ4n) is 2.84. The Morgan fingerprint density at radius 2 is 1.79 bits per heavy atom. The molecule has 0 saturated heterocycles. The summed E-state index contributed by atoms with van der Waals surface area (Å²) in [4.78, 5) is 24.5. The number of carbonyl (C=O) groups excluding carboxylic acids is 2. The van der Waals surface area contributed by atoms with Crippen molar-refractivity contribution < 1.29 is 28.5 Å². The van der Waals surface area contributed by atoms with Crippen LogP contribution in [-0.2, 0) is 9.53 Å².